The van der Waals surface area contributed by atoms with Gasteiger partial charge >= 0.3 is 0 Å². The molecule has 1 aromatic rings. The van der Waals surface area contributed by atoms with Crippen LogP contribution in [-0.2, 0) is 14.6 Å². The Kier molecular flexibility index (Phi) is 5.82. The molecule has 3 aliphatic carbocycles. The second-order valence-corrected chi connectivity index (χ2v) is 12.7. The number of methoxy groups -OCH3 is 1. The van der Waals surface area contributed by atoms with Crippen LogP contribution in [0.25, 0.3) is 5.57 Å². The number of alkyl halides is 2. The van der Waals surface area contributed by atoms with Crippen molar-refractivity contribution in [1.82, 2.24) is 0 Å². The standard InChI is InChI=1S/C21H20Br3FO3S/c1-28-21(24)7-6-15(18(22)19(21)23)17-11-20(8-9-20)10-16(17)13-2-4-14(5-3-13)29(26,27)12-25/h2-7,15H,8-12H2,1H3. The summed E-state index contributed by atoms with van der Waals surface area (Å²) in [7, 11) is -2.20. The van der Waals surface area contributed by atoms with Crippen LogP contribution < -0.4 is 0 Å². The molecular weight excluding hydrogens is 591 g/mol. The molecule has 8 heteroatoms. The van der Waals surface area contributed by atoms with E-state index in [1.807, 2.05) is 18.2 Å². The minimum absolute atomic E-state index is 0.0237. The molecule has 0 radical (unpaired) electrons. The maximum atomic E-state index is 12.8. The summed E-state index contributed by atoms with van der Waals surface area (Å²) in [5, 5.41) is 0. The first-order valence-electron chi connectivity index (χ1n) is 9.25. The average Bonchev–Trinajstić information content (AvgIpc) is 3.37. The lowest BCUT2D eigenvalue weighted by Crippen LogP contribution is -2.26. The summed E-state index contributed by atoms with van der Waals surface area (Å²) in [6.07, 6.45) is 8.60. The molecule has 0 bridgehead atoms. The molecule has 0 saturated heterocycles. The summed E-state index contributed by atoms with van der Waals surface area (Å²) in [5.41, 5.74) is 3.95. The second-order valence-electron chi connectivity index (χ2n) is 7.95. The van der Waals surface area contributed by atoms with E-state index in [0.29, 0.717) is 5.41 Å². The molecule has 2 unspecified atom stereocenters. The Bertz CT molecular complexity index is 1040. The van der Waals surface area contributed by atoms with Gasteiger partial charge in [0.1, 0.15) is 0 Å². The highest BCUT2D eigenvalue weighted by atomic mass is 79.9. The van der Waals surface area contributed by atoms with Gasteiger partial charge in [-0.3, -0.25) is 0 Å². The van der Waals surface area contributed by atoms with E-state index in [1.165, 1.54) is 36.1 Å². The van der Waals surface area contributed by atoms with Crippen LogP contribution in [0.4, 0.5) is 4.39 Å². The summed E-state index contributed by atoms with van der Waals surface area (Å²) in [6, 6.07) is 5.26. The maximum absolute atomic E-state index is 12.8. The molecule has 4 rings (SSSR count). The number of rotatable bonds is 5. The van der Waals surface area contributed by atoms with Gasteiger partial charge in [0.2, 0.25) is 9.84 Å². The van der Waals surface area contributed by atoms with Crippen LogP contribution in [0.1, 0.15) is 31.2 Å². The Morgan fingerprint density at radius 1 is 1.17 bits per heavy atom. The van der Waals surface area contributed by atoms with Crippen molar-refractivity contribution < 1.29 is 17.5 Å². The minimum atomic E-state index is -3.85. The van der Waals surface area contributed by atoms with Gasteiger partial charge in [0.25, 0.3) is 0 Å². The van der Waals surface area contributed by atoms with E-state index in [4.69, 9.17) is 4.74 Å². The zero-order valence-corrected chi connectivity index (χ0v) is 21.3. The molecule has 0 amide bonds. The highest BCUT2D eigenvalue weighted by Gasteiger charge is 2.50. The van der Waals surface area contributed by atoms with E-state index in [0.717, 1.165) is 27.4 Å². The van der Waals surface area contributed by atoms with Crippen LogP contribution in [0, 0.1) is 11.3 Å². The van der Waals surface area contributed by atoms with E-state index in [2.05, 4.69) is 53.9 Å². The Morgan fingerprint density at radius 3 is 2.38 bits per heavy atom. The summed E-state index contributed by atoms with van der Waals surface area (Å²) in [6.45, 7) is 0. The zero-order chi connectivity index (χ0) is 21.0. The quantitative estimate of drug-likeness (QED) is 0.277. The van der Waals surface area contributed by atoms with E-state index in [-0.39, 0.29) is 10.8 Å². The van der Waals surface area contributed by atoms with Crippen LogP contribution in [0.3, 0.4) is 0 Å². The lowest BCUT2D eigenvalue weighted by Gasteiger charge is -2.31. The van der Waals surface area contributed by atoms with Gasteiger partial charge in [-0.05, 0) is 76.4 Å². The number of benzene rings is 1. The Hall–Kier alpha value is -0.280. The van der Waals surface area contributed by atoms with Crippen molar-refractivity contribution >= 4 is 63.2 Å². The molecule has 156 valence electrons. The third-order valence-corrected chi connectivity index (χ3v) is 11.4. The fourth-order valence-electron chi connectivity index (χ4n) is 4.21. The molecular formula is C21H20Br3FO3S. The number of ether oxygens (including phenoxy) is 1. The van der Waals surface area contributed by atoms with Gasteiger partial charge in [-0.25, -0.2) is 12.8 Å². The molecule has 3 nitrogen and oxygen atoms in total. The highest BCUT2D eigenvalue weighted by molar-refractivity contribution is 9.15. The number of sulfone groups is 1. The van der Waals surface area contributed by atoms with Crippen molar-refractivity contribution in [2.24, 2.45) is 11.3 Å². The SMILES string of the molecule is COC1(Br)C=CC(C2=C(c3ccc(S(=O)(=O)CF)cc3)CC3(CC3)C2)C(Br)=C1Br. The Labute approximate surface area is 195 Å². The molecule has 0 N–H and O–H groups in total. The summed E-state index contributed by atoms with van der Waals surface area (Å²) >= 11 is 11.1. The van der Waals surface area contributed by atoms with Gasteiger partial charge in [0, 0.05) is 17.5 Å². The topological polar surface area (TPSA) is 43.4 Å². The van der Waals surface area contributed by atoms with Crippen molar-refractivity contribution in [3.05, 3.63) is 56.5 Å². The monoisotopic (exact) mass is 608 g/mol. The number of allylic oxidation sites excluding steroid dienone is 4. The Morgan fingerprint density at radius 2 is 1.83 bits per heavy atom. The van der Waals surface area contributed by atoms with Crippen LogP contribution in [0.15, 0.2) is 55.9 Å². The van der Waals surface area contributed by atoms with E-state index in [1.54, 1.807) is 7.11 Å². The third kappa shape index (κ3) is 3.88. The van der Waals surface area contributed by atoms with Gasteiger partial charge in [0.05, 0.1) is 9.38 Å². The zero-order valence-electron chi connectivity index (χ0n) is 15.7. The summed E-state index contributed by atoms with van der Waals surface area (Å²) in [5.74, 6) is 0.0921. The molecule has 2 atom stereocenters. The molecule has 1 aromatic carbocycles. The van der Waals surface area contributed by atoms with Crippen LogP contribution in [0.5, 0.6) is 0 Å². The van der Waals surface area contributed by atoms with Gasteiger partial charge in [0.15, 0.2) is 10.5 Å². The van der Waals surface area contributed by atoms with Crippen LogP contribution >= 0.6 is 47.8 Å². The fourth-order valence-corrected chi connectivity index (χ4v) is 6.78. The number of hydrogen-bond donors (Lipinski definition) is 0. The van der Waals surface area contributed by atoms with Crippen molar-refractivity contribution in [2.75, 3.05) is 13.1 Å². The molecule has 29 heavy (non-hydrogen) atoms. The lowest BCUT2D eigenvalue weighted by molar-refractivity contribution is 0.151. The van der Waals surface area contributed by atoms with Crippen molar-refractivity contribution in [3.8, 4) is 0 Å². The predicted molar refractivity (Wildman–Crippen MR) is 124 cm³/mol. The largest absolute Gasteiger partial charge is 0.358 e. The first-order valence-corrected chi connectivity index (χ1v) is 13.3. The van der Waals surface area contributed by atoms with Gasteiger partial charge < -0.3 is 4.74 Å². The lowest BCUT2D eigenvalue weighted by atomic mass is 9.88. The maximum Gasteiger partial charge on any atom is 0.207 e. The normalized spacial score (nSPS) is 28.5. The average molecular weight is 611 g/mol. The predicted octanol–water partition coefficient (Wildman–Crippen LogP) is 6.64. The molecule has 1 spiro atoms. The van der Waals surface area contributed by atoms with Crippen molar-refractivity contribution in [1.29, 1.82) is 0 Å². The first-order chi connectivity index (χ1) is 13.6. The molecule has 0 aromatic heterocycles. The van der Waals surface area contributed by atoms with Gasteiger partial charge in [-0.2, -0.15) is 0 Å². The van der Waals surface area contributed by atoms with E-state index in [9.17, 15) is 12.8 Å². The molecule has 0 aliphatic heterocycles. The van der Waals surface area contributed by atoms with Crippen molar-refractivity contribution in [2.45, 2.75) is 35.1 Å². The second kappa shape index (κ2) is 7.69. The van der Waals surface area contributed by atoms with Crippen molar-refractivity contribution in [3.63, 3.8) is 0 Å². The number of hydrogen-bond acceptors (Lipinski definition) is 3. The van der Waals surface area contributed by atoms with Gasteiger partial charge in [-0.15, -0.1) is 0 Å². The summed E-state index contributed by atoms with van der Waals surface area (Å²) in [4.78, 5) is 0.0237. The van der Waals surface area contributed by atoms with E-state index < -0.39 is 20.4 Å². The smallest absolute Gasteiger partial charge is 0.207 e. The summed E-state index contributed by atoms with van der Waals surface area (Å²) < 4.78 is 43.2. The fraction of sp³-hybridized carbons (Fsp3) is 0.429. The third-order valence-electron chi connectivity index (χ3n) is 6.13. The van der Waals surface area contributed by atoms with Gasteiger partial charge in [-0.1, -0.05) is 55.6 Å². The highest BCUT2D eigenvalue weighted by Crippen LogP contribution is 2.64. The Balaban J connectivity index is 1.75. The van der Waals surface area contributed by atoms with E-state index >= 15 is 0 Å². The van der Waals surface area contributed by atoms with Crippen LogP contribution in [0.2, 0.25) is 0 Å². The number of halogens is 4. The molecule has 1 fully saturated rings. The van der Waals surface area contributed by atoms with Crippen LogP contribution in [-0.4, -0.2) is 26.0 Å². The molecule has 3 aliphatic rings. The molecule has 1 saturated carbocycles. The minimum Gasteiger partial charge on any atom is -0.358 e. The first kappa shape index (κ1) is 21.9. The molecule has 0 heterocycles.